The molecule has 2 N–H and O–H groups in total. The zero-order valence-electron chi connectivity index (χ0n) is 17.8. The summed E-state index contributed by atoms with van der Waals surface area (Å²) >= 11 is 0. The topological polar surface area (TPSA) is 132 Å². The molecular weight excluding hydrogens is 428 g/mol. The second-order valence-corrected chi connectivity index (χ2v) is 6.62. The van der Waals surface area contributed by atoms with Crippen molar-refractivity contribution < 1.29 is 24.0 Å². The smallest absolute Gasteiger partial charge is 0.273 e. The van der Waals surface area contributed by atoms with E-state index < -0.39 is 16.7 Å². The van der Waals surface area contributed by atoms with Crippen LogP contribution in [0.5, 0.6) is 11.5 Å². The first-order chi connectivity index (χ1) is 15.9. The van der Waals surface area contributed by atoms with E-state index in [1.165, 1.54) is 50.8 Å². The van der Waals surface area contributed by atoms with Crippen LogP contribution >= 0.6 is 0 Å². The summed E-state index contributed by atoms with van der Waals surface area (Å²) in [6.45, 7) is 0. The maximum absolute atomic E-state index is 12.6. The van der Waals surface area contributed by atoms with Gasteiger partial charge >= 0.3 is 0 Å². The Balaban J connectivity index is 1.70. The van der Waals surface area contributed by atoms with Crippen LogP contribution in [0.15, 0.2) is 71.8 Å². The summed E-state index contributed by atoms with van der Waals surface area (Å²) in [5, 5.41) is 17.4. The summed E-state index contributed by atoms with van der Waals surface area (Å²) in [6, 6.07) is 16.7. The zero-order valence-corrected chi connectivity index (χ0v) is 17.8. The Morgan fingerprint density at radius 3 is 2.30 bits per heavy atom. The molecule has 0 aliphatic carbocycles. The number of nitro groups is 1. The predicted octanol–water partition coefficient (Wildman–Crippen LogP) is 3.63. The van der Waals surface area contributed by atoms with Crippen LogP contribution in [0.2, 0.25) is 0 Å². The van der Waals surface area contributed by atoms with Gasteiger partial charge in [0.05, 0.1) is 36.6 Å². The van der Waals surface area contributed by atoms with E-state index in [4.69, 9.17) is 9.47 Å². The molecule has 0 radical (unpaired) electrons. The van der Waals surface area contributed by atoms with E-state index in [1.807, 2.05) is 0 Å². The van der Waals surface area contributed by atoms with Crippen molar-refractivity contribution in [2.75, 3.05) is 19.5 Å². The molecular formula is C23H20N4O6. The third kappa shape index (κ3) is 5.70. The van der Waals surface area contributed by atoms with Crippen LogP contribution in [0.3, 0.4) is 0 Å². The summed E-state index contributed by atoms with van der Waals surface area (Å²) in [5.74, 6) is 0.0359. The molecule has 10 nitrogen and oxygen atoms in total. The van der Waals surface area contributed by atoms with Crippen LogP contribution in [0.25, 0.3) is 0 Å². The van der Waals surface area contributed by atoms with E-state index >= 15 is 0 Å². The van der Waals surface area contributed by atoms with Crippen molar-refractivity contribution in [1.29, 1.82) is 0 Å². The average molecular weight is 448 g/mol. The second kappa shape index (κ2) is 10.5. The average Bonchev–Trinajstić information content (AvgIpc) is 2.84. The van der Waals surface area contributed by atoms with Crippen molar-refractivity contribution in [3.63, 3.8) is 0 Å². The highest BCUT2D eigenvalue weighted by molar-refractivity contribution is 6.09. The van der Waals surface area contributed by atoms with Gasteiger partial charge in [-0.2, -0.15) is 5.10 Å². The molecule has 0 saturated carbocycles. The van der Waals surface area contributed by atoms with Crippen molar-refractivity contribution in [2.45, 2.75) is 0 Å². The van der Waals surface area contributed by atoms with Gasteiger partial charge in [0.25, 0.3) is 17.5 Å². The highest BCUT2D eigenvalue weighted by Gasteiger charge is 2.15. The number of non-ortho nitro benzene ring substituents is 1. The quantitative estimate of drug-likeness (QED) is 0.307. The number of nitro benzene ring substituents is 1. The van der Waals surface area contributed by atoms with Gasteiger partial charge in [-0.05, 0) is 48.0 Å². The van der Waals surface area contributed by atoms with Crippen LogP contribution in [-0.4, -0.2) is 37.2 Å². The van der Waals surface area contributed by atoms with E-state index in [0.29, 0.717) is 17.1 Å². The van der Waals surface area contributed by atoms with Gasteiger partial charge in [-0.15, -0.1) is 0 Å². The molecule has 168 valence electrons. The van der Waals surface area contributed by atoms with Gasteiger partial charge in [-0.25, -0.2) is 5.43 Å². The Labute approximate surface area is 189 Å². The Morgan fingerprint density at radius 1 is 0.939 bits per heavy atom. The number of para-hydroxylation sites is 1. The normalized spacial score (nSPS) is 10.5. The minimum atomic E-state index is -0.552. The number of carbonyl (C=O) groups excluding carboxylic acids is 2. The monoisotopic (exact) mass is 448 g/mol. The van der Waals surface area contributed by atoms with Crippen molar-refractivity contribution >= 4 is 29.4 Å². The molecule has 2 amide bonds. The number of carbonyl (C=O) groups is 2. The fraction of sp³-hybridized carbons (Fsp3) is 0.0870. The van der Waals surface area contributed by atoms with E-state index in [0.717, 1.165) is 0 Å². The molecule has 0 atom stereocenters. The molecule has 3 aromatic rings. The van der Waals surface area contributed by atoms with Crippen molar-refractivity contribution in [3.05, 3.63) is 93.5 Å². The number of nitrogens with one attached hydrogen (secondary N) is 2. The lowest BCUT2D eigenvalue weighted by Crippen LogP contribution is -2.21. The largest absolute Gasteiger partial charge is 0.493 e. The highest BCUT2D eigenvalue weighted by Crippen LogP contribution is 2.26. The minimum Gasteiger partial charge on any atom is -0.493 e. The number of hydrazone groups is 1. The minimum absolute atomic E-state index is 0.126. The summed E-state index contributed by atoms with van der Waals surface area (Å²) in [6.07, 6.45) is 1.44. The number of nitrogens with zero attached hydrogens (tertiary/aromatic N) is 2. The summed E-state index contributed by atoms with van der Waals surface area (Å²) in [5.41, 5.74) is 3.63. The summed E-state index contributed by atoms with van der Waals surface area (Å²) < 4.78 is 10.4. The molecule has 33 heavy (non-hydrogen) atoms. The molecule has 0 fully saturated rings. The number of hydrogen-bond donors (Lipinski definition) is 2. The van der Waals surface area contributed by atoms with Gasteiger partial charge in [-0.3, -0.25) is 19.7 Å². The molecule has 3 aromatic carbocycles. The molecule has 0 saturated heterocycles. The molecule has 0 unspecified atom stereocenters. The van der Waals surface area contributed by atoms with Crippen LogP contribution in [0.1, 0.15) is 26.3 Å². The second-order valence-electron chi connectivity index (χ2n) is 6.62. The van der Waals surface area contributed by atoms with Gasteiger partial charge in [0.15, 0.2) is 11.5 Å². The fourth-order valence-corrected chi connectivity index (χ4v) is 2.88. The Bertz CT molecular complexity index is 1210. The molecule has 0 aliphatic heterocycles. The Kier molecular flexibility index (Phi) is 7.32. The fourth-order valence-electron chi connectivity index (χ4n) is 2.88. The molecule has 0 heterocycles. The van der Waals surface area contributed by atoms with Crippen molar-refractivity contribution in [1.82, 2.24) is 5.43 Å². The standard InChI is InChI=1S/C23H20N4O6/c1-32-20-12-7-15(13-21(20)33-2)14-24-26-23(29)18-5-3-4-6-19(18)25-22(28)16-8-10-17(11-9-16)27(30)31/h3-14H,1-2H3,(H,25,28)(H,26,29)/b24-14-. The molecule has 0 aromatic heterocycles. The molecule has 0 bridgehead atoms. The van der Waals surface area contributed by atoms with Crippen LogP contribution in [0.4, 0.5) is 11.4 Å². The van der Waals surface area contributed by atoms with Gasteiger partial charge in [-0.1, -0.05) is 12.1 Å². The maximum Gasteiger partial charge on any atom is 0.273 e. The van der Waals surface area contributed by atoms with E-state index in [2.05, 4.69) is 15.8 Å². The number of methoxy groups -OCH3 is 2. The summed E-state index contributed by atoms with van der Waals surface area (Å²) in [7, 11) is 3.05. The zero-order chi connectivity index (χ0) is 23.8. The van der Waals surface area contributed by atoms with Crippen LogP contribution in [0, 0.1) is 10.1 Å². The van der Waals surface area contributed by atoms with Crippen LogP contribution in [-0.2, 0) is 0 Å². The lowest BCUT2D eigenvalue weighted by atomic mass is 10.1. The third-order valence-electron chi connectivity index (χ3n) is 4.55. The number of anilines is 1. The lowest BCUT2D eigenvalue weighted by molar-refractivity contribution is -0.384. The molecule has 0 spiro atoms. The first-order valence-electron chi connectivity index (χ1n) is 9.63. The third-order valence-corrected chi connectivity index (χ3v) is 4.55. The molecule has 3 rings (SSSR count). The van der Waals surface area contributed by atoms with E-state index in [-0.39, 0.29) is 22.5 Å². The lowest BCUT2D eigenvalue weighted by Gasteiger charge is -2.10. The number of benzene rings is 3. The van der Waals surface area contributed by atoms with Gasteiger partial charge in [0.2, 0.25) is 0 Å². The SMILES string of the molecule is COc1ccc(/C=N\NC(=O)c2ccccc2NC(=O)c2ccc([N+](=O)[O-])cc2)cc1OC. The van der Waals surface area contributed by atoms with Crippen LogP contribution < -0.4 is 20.2 Å². The number of rotatable bonds is 8. The number of amides is 2. The number of ether oxygens (including phenoxy) is 2. The maximum atomic E-state index is 12.6. The van der Waals surface area contributed by atoms with E-state index in [9.17, 15) is 19.7 Å². The van der Waals surface area contributed by atoms with E-state index in [1.54, 1.807) is 36.4 Å². The first-order valence-corrected chi connectivity index (χ1v) is 9.63. The highest BCUT2D eigenvalue weighted by atomic mass is 16.6. The molecule has 10 heteroatoms. The van der Waals surface area contributed by atoms with Crippen molar-refractivity contribution in [3.8, 4) is 11.5 Å². The van der Waals surface area contributed by atoms with Gasteiger partial charge in [0, 0.05) is 17.7 Å². The Hall–Kier alpha value is -4.73. The summed E-state index contributed by atoms with van der Waals surface area (Å²) in [4.78, 5) is 35.4. The molecule has 0 aliphatic rings. The first kappa shape index (κ1) is 22.9. The van der Waals surface area contributed by atoms with Gasteiger partial charge in [0.1, 0.15) is 0 Å². The number of hydrogen-bond acceptors (Lipinski definition) is 7. The van der Waals surface area contributed by atoms with Crippen molar-refractivity contribution in [2.24, 2.45) is 5.10 Å². The Morgan fingerprint density at radius 2 is 1.64 bits per heavy atom. The predicted molar refractivity (Wildman–Crippen MR) is 122 cm³/mol. The van der Waals surface area contributed by atoms with Gasteiger partial charge < -0.3 is 14.8 Å².